The lowest BCUT2D eigenvalue weighted by molar-refractivity contribution is 0.0897. The number of Topliss-reactive ketones (excluding diaryl/α,β-unsaturated/α-hetero) is 1. The number of aromatic nitrogens is 1. The van der Waals surface area contributed by atoms with E-state index in [1.807, 2.05) is 6.92 Å². The molecule has 0 radical (unpaired) electrons. The molecule has 2 aliphatic heterocycles. The lowest BCUT2D eigenvalue weighted by Gasteiger charge is -2.29. The summed E-state index contributed by atoms with van der Waals surface area (Å²) >= 11 is 0. The number of fused-ring (bicyclic) bond motifs is 3. The van der Waals surface area contributed by atoms with Crippen LogP contribution in [0.4, 0.5) is 8.78 Å². The Morgan fingerprint density at radius 3 is 2.76 bits per heavy atom. The number of nitrogens with one attached hydrogen (secondary N) is 1. The van der Waals surface area contributed by atoms with E-state index in [1.165, 1.54) is 16.8 Å². The van der Waals surface area contributed by atoms with Crippen molar-refractivity contribution < 1.29 is 28.2 Å². The monoisotopic (exact) mass is 460 g/mol. The first-order valence-corrected chi connectivity index (χ1v) is 11.0. The molecule has 176 valence electrons. The van der Waals surface area contributed by atoms with Gasteiger partial charge in [0.05, 0.1) is 19.3 Å². The molecule has 4 unspecified atom stereocenters. The van der Waals surface area contributed by atoms with Crippen molar-refractivity contribution in [1.29, 1.82) is 0 Å². The zero-order valence-corrected chi connectivity index (χ0v) is 18.4. The number of benzene rings is 1. The molecule has 1 saturated heterocycles. The van der Waals surface area contributed by atoms with Gasteiger partial charge in [0, 0.05) is 36.7 Å². The second-order valence-corrected chi connectivity index (χ2v) is 8.84. The van der Waals surface area contributed by atoms with Crippen molar-refractivity contribution in [3.05, 3.63) is 63.1 Å². The van der Waals surface area contributed by atoms with E-state index in [9.17, 15) is 28.3 Å². The molecule has 9 heteroatoms. The number of nitrogens with zero attached hydrogens (tertiary/aromatic N) is 1. The third-order valence-electron chi connectivity index (χ3n) is 6.97. The van der Waals surface area contributed by atoms with E-state index in [4.69, 9.17) is 4.74 Å². The highest BCUT2D eigenvalue weighted by molar-refractivity contribution is 6.00. The molecule has 3 heterocycles. The largest absolute Gasteiger partial charge is 0.503 e. The fourth-order valence-corrected chi connectivity index (χ4v) is 4.90. The maximum Gasteiger partial charge on any atom is 0.257 e. The van der Waals surface area contributed by atoms with Gasteiger partial charge in [-0.3, -0.25) is 14.4 Å². The number of pyridine rings is 1. The molecule has 33 heavy (non-hydrogen) atoms. The molecule has 2 aliphatic rings. The van der Waals surface area contributed by atoms with Crippen LogP contribution in [0.1, 0.15) is 59.1 Å². The Hall–Kier alpha value is -3.07. The van der Waals surface area contributed by atoms with Crippen molar-refractivity contribution in [1.82, 2.24) is 9.88 Å². The maximum absolute atomic E-state index is 13.9. The number of rotatable bonds is 5. The number of hydrogen-bond acceptors (Lipinski definition) is 5. The van der Waals surface area contributed by atoms with Crippen molar-refractivity contribution in [2.45, 2.75) is 39.3 Å². The van der Waals surface area contributed by atoms with Crippen LogP contribution >= 0.6 is 0 Å². The quantitative estimate of drug-likeness (QED) is 0.714. The number of halogens is 2. The molecule has 1 fully saturated rings. The topological polar surface area (TPSA) is 97.6 Å². The van der Waals surface area contributed by atoms with Crippen LogP contribution in [-0.4, -0.2) is 34.6 Å². The second kappa shape index (κ2) is 9.05. The number of aromatic hydroxyl groups is 1. The van der Waals surface area contributed by atoms with E-state index in [1.54, 1.807) is 0 Å². The Bertz CT molecular complexity index is 1160. The molecule has 1 amide bonds. The van der Waals surface area contributed by atoms with Crippen LogP contribution in [0.2, 0.25) is 0 Å². The average molecular weight is 460 g/mol. The van der Waals surface area contributed by atoms with Crippen LogP contribution in [0.5, 0.6) is 5.75 Å². The minimum atomic E-state index is -0.968. The van der Waals surface area contributed by atoms with Gasteiger partial charge in [-0.1, -0.05) is 26.3 Å². The summed E-state index contributed by atoms with van der Waals surface area (Å²) in [5.74, 6) is -3.27. The molecule has 1 aromatic carbocycles. The predicted octanol–water partition coefficient (Wildman–Crippen LogP) is 3.20. The first-order chi connectivity index (χ1) is 15.7. The molecular formula is C24H26F2N2O5. The van der Waals surface area contributed by atoms with E-state index in [-0.39, 0.29) is 59.4 Å². The van der Waals surface area contributed by atoms with E-state index >= 15 is 0 Å². The molecule has 2 aromatic rings. The SMILES string of the molecule is CCC(C)C1CC(=O)c2c(O)c(=O)c(C(=O)NCc3ccc(F)cc3F)cn2C2COCC12. The molecule has 4 atom stereocenters. The fourth-order valence-electron chi connectivity index (χ4n) is 4.90. The van der Waals surface area contributed by atoms with E-state index < -0.39 is 28.7 Å². The van der Waals surface area contributed by atoms with Crippen LogP contribution in [0.3, 0.4) is 0 Å². The summed E-state index contributed by atoms with van der Waals surface area (Å²) in [5, 5.41) is 13.1. The van der Waals surface area contributed by atoms with Crippen molar-refractivity contribution in [2.75, 3.05) is 13.2 Å². The van der Waals surface area contributed by atoms with Crippen LogP contribution in [0.25, 0.3) is 0 Å². The van der Waals surface area contributed by atoms with Gasteiger partial charge < -0.3 is 19.7 Å². The van der Waals surface area contributed by atoms with Gasteiger partial charge in [0.2, 0.25) is 5.43 Å². The van der Waals surface area contributed by atoms with Crippen LogP contribution in [0.15, 0.2) is 29.2 Å². The van der Waals surface area contributed by atoms with Gasteiger partial charge in [0.15, 0.2) is 11.5 Å². The van der Waals surface area contributed by atoms with Gasteiger partial charge in [0.1, 0.15) is 22.9 Å². The number of hydrogen-bond donors (Lipinski definition) is 2. The van der Waals surface area contributed by atoms with Crippen molar-refractivity contribution in [2.24, 2.45) is 17.8 Å². The third kappa shape index (κ3) is 4.17. The number of amides is 1. The van der Waals surface area contributed by atoms with Crippen LogP contribution in [0, 0.1) is 29.4 Å². The molecule has 2 N–H and O–H groups in total. The molecular weight excluding hydrogens is 434 g/mol. The van der Waals surface area contributed by atoms with Gasteiger partial charge in [-0.15, -0.1) is 0 Å². The van der Waals surface area contributed by atoms with E-state index in [0.29, 0.717) is 19.3 Å². The highest BCUT2D eigenvalue weighted by Crippen LogP contribution is 2.43. The third-order valence-corrected chi connectivity index (χ3v) is 6.97. The number of carbonyl (C=O) groups is 2. The lowest BCUT2D eigenvalue weighted by atomic mass is 9.76. The minimum absolute atomic E-state index is 0.00345. The Morgan fingerprint density at radius 2 is 2.06 bits per heavy atom. The summed E-state index contributed by atoms with van der Waals surface area (Å²) in [6, 6.07) is 2.65. The molecule has 4 rings (SSSR count). The molecule has 0 spiro atoms. The van der Waals surface area contributed by atoms with Crippen LogP contribution < -0.4 is 10.7 Å². The minimum Gasteiger partial charge on any atom is -0.503 e. The summed E-state index contributed by atoms with van der Waals surface area (Å²) in [6.07, 6.45) is 2.34. The number of ether oxygens (including phenoxy) is 1. The normalized spacial score (nSPS) is 22.9. The van der Waals surface area contributed by atoms with Crippen LogP contribution in [-0.2, 0) is 11.3 Å². The summed E-state index contributed by atoms with van der Waals surface area (Å²) < 4.78 is 34.2. The summed E-state index contributed by atoms with van der Waals surface area (Å²) in [4.78, 5) is 38.6. The molecule has 1 aromatic heterocycles. The first kappa shape index (κ1) is 23.1. The average Bonchev–Trinajstić information content (AvgIpc) is 3.22. The zero-order chi connectivity index (χ0) is 23.9. The van der Waals surface area contributed by atoms with E-state index in [2.05, 4.69) is 12.2 Å². The Kier molecular flexibility index (Phi) is 6.34. The standard InChI is InChI=1S/C24H26F2N2O5/c1-3-12(2)15-7-20(29)21-23(31)22(30)16(9-28(21)19-11-33-10-17(15)19)24(32)27-8-13-4-5-14(25)6-18(13)26/h4-6,9,12,15,17,19,31H,3,7-8,10-11H2,1-2H3,(H,27,32). The maximum atomic E-state index is 13.9. The van der Waals surface area contributed by atoms with Gasteiger partial charge in [0.25, 0.3) is 5.91 Å². The van der Waals surface area contributed by atoms with Gasteiger partial charge >= 0.3 is 0 Å². The van der Waals surface area contributed by atoms with Gasteiger partial charge in [-0.2, -0.15) is 0 Å². The smallest absolute Gasteiger partial charge is 0.257 e. The zero-order valence-electron chi connectivity index (χ0n) is 18.4. The highest BCUT2D eigenvalue weighted by atomic mass is 19.1. The summed E-state index contributed by atoms with van der Waals surface area (Å²) in [5.41, 5.74) is -1.39. The van der Waals surface area contributed by atoms with Crippen molar-refractivity contribution >= 4 is 11.7 Å². The fraction of sp³-hybridized carbons (Fsp3) is 0.458. The van der Waals surface area contributed by atoms with Crippen molar-refractivity contribution in [3.63, 3.8) is 0 Å². The molecule has 7 nitrogen and oxygen atoms in total. The predicted molar refractivity (Wildman–Crippen MR) is 115 cm³/mol. The lowest BCUT2D eigenvalue weighted by Crippen LogP contribution is -2.32. The molecule has 0 aliphatic carbocycles. The Balaban J connectivity index is 1.69. The second-order valence-electron chi connectivity index (χ2n) is 8.84. The van der Waals surface area contributed by atoms with Gasteiger partial charge in [-0.25, -0.2) is 8.78 Å². The first-order valence-electron chi connectivity index (χ1n) is 11.0. The molecule has 0 saturated carbocycles. The number of ketones is 1. The summed E-state index contributed by atoms with van der Waals surface area (Å²) in [7, 11) is 0. The Labute approximate surface area is 189 Å². The number of carbonyl (C=O) groups excluding carboxylic acids is 2. The van der Waals surface area contributed by atoms with Gasteiger partial charge in [-0.05, 0) is 17.9 Å². The highest BCUT2D eigenvalue weighted by Gasteiger charge is 2.44. The molecule has 0 bridgehead atoms. The van der Waals surface area contributed by atoms with Crippen molar-refractivity contribution in [3.8, 4) is 5.75 Å². The summed E-state index contributed by atoms with van der Waals surface area (Å²) in [6.45, 7) is 4.58. The Morgan fingerprint density at radius 1 is 1.30 bits per heavy atom. The van der Waals surface area contributed by atoms with E-state index in [0.717, 1.165) is 12.5 Å².